The number of ether oxygens (including phenoxy) is 3. The summed E-state index contributed by atoms with van der Waals surface area (Å²) in [6, 6.07) is 12.6. The van der Waals surface area contributed by atoms with E-state index in [0.717, 1.165) is 18.2 Å². The highest BCUT2D eigenvalue weighted by molar-refractivity contribution is 6.05. The van der Waals surface area contributed by atoms with Gasteiger partial charge in [-0.05, 0) is 48.5 Å². The van der Waals surface area contributed by atoms with E-state index in [2.05, 4.69) is 10.3 Å². The predicted octanol–water partition coefficient (Wildman–Crippen LogP) is 5.68. The first-order valence-corrected chi connectivity index (χ1v) is 10.5. The zero-order valence-electron chi connectivity index (χ0n) is 19.1. The number of methoxy groups -OCH3 is 2. The van der Waals surface area contributed by atoms with Gasteiger partial charge in [-0.1, -0.05) is 6.07 Å². The van der Waals surface area contributed by atoms with Crippen molar-refractivity contribution in [1.82, 2.24) is 10.3 Å². The summed E-state index contributed by atoms with van der Waals surface area (Å²) < 4.78 is 43.9. The van der Waals surface area contributed by atoms with Gasteiger partial charge in [0.05, 0.1) is 19.7 Å². The molecule has 0 saturated carbocycles. The third-order valence-electron chi connectivity index (χ3n) is 4.98. The molecule has 1 heterocycles. The lowest BCUT2D eigenvalue weighted by atomic mass is 10.2. The number of halogens is 2. The average molecular weight is 494 g/mol. The number of nitrogens with zero attached hydrogens (tertiary/aromatic N) is 1. The molecule has 4 amide bonds. The van der Waals surface area contributed by atoms with Gasteiger partial charge in [-0.15, -0.1) is 0 Å². The molecule has 0 aliphatic carbocycles. The van der Waals surface area contributed by atoms with E-state index in [0.29, 0.717) is 39.6 Å². The summed E-state index contributed by atoms with van der Waals surface area (Å²) in [5, 5.41) is 7.04. The van der Waals surface area contributed by atoms with E-state index in [9.17, 15) is 18.4 Å². The second kappa shape index (κ2) is 10.6. The van der Waals surface area contributed by atoms with Crippen LogP contribution in [0.1, 0.15) is 0 Å². The van der Waals surface area contributed by atoms with Gasteiger partial charge < -0.3 is 24.8 Å². The summed E-state index contributed by atoms with van der Waals surface area (Å²) >= 11 is 0. The molecular formula is C25H20F2N4O5. The first-order chi connectivity index (χ1) is 17.4. The molecule has 0 aliphatic heterocycles. The Morgan fingerprint density at radius 1 is 0.806 bits per heavy atom. The molecule has 11 heteroatoms. The lowest BCUT2D eigenvalue weighted by molar-refractivity contribution is 0.240. The minimum absolute atomic E-state index is 0.343. The Morgan fingerprint density at radius 3 is 2.11 bits per heavy atom. The number of anilines is 2. The van der Waals surface area contributed by atoms with Crippen LogP contribution in [0, 0.1) is 11.6 Å². The summed E-state index contributed by atoms with van der Waals surface area (Å²) in [4.78, 5) is 28.3. The molecule has 0 unspecified atom stereocenters. The van der Waals surface area contributed by atoms with Crippen LogP contribution in [0.25, 0.3) is 10.9 Å². The Bertz CT molecular complexity index is 1410. The Balaban J connectivity index is 1.40. The summed E-state index contributed by atoms with van der Waals surface area (Å²) in [6.45, 7) is 0. The maximum absolute atomic E-state index is 13.6. The molecule has 0 saturated heterocycles. The predicted molar refractivity (Wildman–Crippen MR) is 129 cm³/mol. The van der Waals surface area contributed by atoms with E-state index in [1.165, 1.54) is 14.2 Å². The largest absolute Gasteiger partial charge is 0.493 e. The third-order valence-corrected chi connectivity index (χ3v) is 4.98. The first kappa shape index (κ1) is 24.2. The number of nitrogens with one attached hydrogen (secondary N) is 3. The number of fused-ring (bicyclic) bond motifs is 1. The molecular weight excluding hydrogens is 474 g/mol. The molecule has 4 aromatic rings. The van der Waals surface area contributed by atoms with Gasteiger partial charge in [-0.3, -0.25) is 10.3 Å². The summed E-state index contributed by atoms with van der Waals surface area (Å²) in [5.41, 5.74) is 0.327. The molecule has 0 spiro atoms. The van der Waals surface area contributed by atoms with Crippen molar-refractivity contribution in [2.75, 3.05) is 24.9 Å². The van der Waals surface area contributed by atoms with Crippen LogP contribution in [-0.4, -0.2) is 31.3 Å². The van der Waals surface area contributed by atoms with E-state index >= 15 is 0 Å². The van der Waals surface area contributed by atoms with Gasteiger partial charge in [0.1, 0.15) is 28.8 Å². The number of para-hydroxylation sites is 1. The van der Waals surface area contributed by atoms with Crippen molar-refractivity contribution in [3.63, 3.8) is 0 Å². The molecule has 0 radical (unpaired) electrons. The average Bonchev–Trinajstić information content (AvgIpc) is 2.86. The molecule has 36 heavy (non-hydrogen) atoms. The smallest absolute Gasteiger partial charge is 0.327 e. The van der Waals surface area contributed by atoms with Crippen molar-refractivity contribution < 1.29 is 32.6 Å². The SMILES string of the molecule is COc1cc2nccc(Oc3ccc(NC(=O)NC(=O)Nc4c(F)cccc4F)cc3)c2cc1OC. The van der Waals surface area contributed by atoms with Crippen LogP contribution in [0.15, 0.2) is 66.9 Å². The minimum atomic E-state index is -1.10. The highest BCUT2D eigenvalue weighted by Gasteiger charge is 2.15. The molecule has 184 valence electrons. The second-order valence-electron chi connectivity index (χ2n) is 7.29. The minimum Gasteiger partial charge on any atom is -0.493 e. The fourth-order valence-electron chi connectivity index (χ4n) is 3.30. The van der Waals surface area contributed by atoms with Crippen molar-refractivity contribution >= 4 is 34.3 Å². The summed E-state index contributed by atoms with van der Waals surface area (Å²) in [6.07, 6.45) is 1.60. The molecule has 3 aromatic carbocycles. The maximum atomic E-state index is 13.6. The number of carbonyl (C=O) groups excluding carboxylic acids is 2. The highest BCUT2D eigenvalue weighted by atomic mass is 19.1. The molecule has 3 N–H and O–H groups in total. The normalized spacial score (nSPS) is 10.4. The van der Waals surface area contributed by atoms with E-state index in [4.69, 9.17) is 14.2 Å². The monoisotopic (exact) mass is 494 g/mol. The molecule has 1 aromatic heterocycles. The van der Waals surface area contributed by atoms with Gasteiger partial charge in [0.15, 0.2) is 11.5 Å². The summed E-state index contributed by atoms with van der Waals surface area (Å²) in [7, 11) is 3.07. The zero-order valence-corrected chi connectivity index (χ0v) is 19.1. The Hall–Kier alpha value is -4.93. The highest BCUT2D eigenvalue weighted by Crippen LogP contribution is 2.37. The molecule has 0 atom stereocenters. The van der Waals surface area contributed by atoms with Crippen molar-refractivity contribution in [2.24, 2.45) is 0 Å². The number of pyridine rings is 1. The van der Waals surface area contributed by atoms with Crippen molar-refractivity contribution in [3.05, 3.63) is 78.5 Å². The van der Waals surface area contributed by atoms with Crippen molar-refractivity contribution in [2.45, 2.75) is 0 Å². The Morgan fingerprint density at radius 2 is 1.44 bits per heavy atom. The van der Waals surface area contributed by atoms with Gasteiger partial charge in [0.25, 0.3) is 0 Å². The summed E-state index contributed by atoms with van der Waals surface area (Å²) in [5.74, 6) is 0.111. The number of rotatable bonds is 6. The zero-order chi connectivity index (χ0) is 25.7. The van der Waals surface area contributed by atoms with Gasteiger partial charge >= 0.3 is 12.1 Å². The van der Waals surface area contributed by atoms with Gasteiger partial charge in [0.2, 0.25) is 0 Å². The van der Waals surface area contributed by atoms with Crippen LogP contribution < -0.4 is 30.2 Å². The number of carbonyl (C=O) groups is 2. The van der Waals surface area contributed by atoms with Crippen molar-refractivity contribution in [3.8, 4) is 23.0 Å². The molecule has 9 nitrogen and oxygen atoms in total. The van der Waals surface area contributed by atoms with Crippen LogP contribution in [0.3, 0.4) is 0 Å². The fourth-order valence-corrected chi connectivity index (χ4v) is 3.30. The fraction of sp³-hybridized carbons (Fsp3) is 0.0800. The lowest BCUT2D eigenvalue weighted by Gasteiger charge is -2.13. The molecule has 0 bridgehead atoms. The van der Waals surface area contributed by atoms with Crippen LogP contribution in [0.2, 0.25) is 0 Å². The Labute approximate surface area is 204 Å². The number of hydrogen-bond donors (Lipinski definition) is 3. The number of imide groups is 1. The topological polar surface area (TPSA) is 111 Å². The van der Waals surface area contributed by atoms with E-state index < -0.39 is 29.4 Å². The van der Waals surface area contributed by atoms with Crippen LogP contribution in [0.5, 0.6) is 23.0 Å². The van der Waals surface area contributed by atoms with Crippen LogP contribution in [0.4, 0.5) is 29.7 Å². The number of urea groups is 2. The van der Waals surface area contributed by atoms with Crippen LogP contribution >= 0.6 is 0 Å². The quantitative estimate of drug-likeness (QED) is 0.318. The van der Waals surface area contributed by atoms with Crippen LogP contribution in [-0.2, 0) is 0 Å². The molecule has 0 fully saturated rings. The van der Waals surface area contributed by atoms with Gasteiger partial charge in [-0.25, -0.2) is 18.4 Å². The van der Waals surface area contributed by atoms with E-state index in [1.54, 1.807) is 48.7 Å². The lowest BCUT2D eigenvalue weighted by Crippen LogP contribution is -2.37. The number of hydrogen-bond acceptors (Lipinski definition) is 6. The molecule has 0 aliphatic rings. The van der Waals surface area contributed by atoms with E-state index in [1.807, 2.05) is 10.6 Å². The number of amides is 4. The second-order valence-corrected chi connectivity index (χ2v) is 7.29. The van der Waals surface area contributed by atoms with Gasteiger partial charge in [-0.2, -0.15) is 0 Å². The number of benzene rings is 3. The third kappa shape index (κ3) is 5.41. The maximum Gasteiger partial charge on any atom is 0.327 e. The number of aromatic nitrogens is 1. The van der Waals surface area contributed by atoms with E-state index in [-0.39, 0.29) is 0 Å². The van der Waals surface area contributed by atoms with Gasteiger partial charge in [0, 0.05) is 23.3 Å². The first-order valence-electron chi connectivity index (χ1n) is 10.5. The molecule has 4 rings (SSSR count). The van der Waals surface area contributed by atoms with Crippen molar-refractivity contribution in [1.29, 1.82) is 0 Å². The standard InChI is InChI=1S/C25H20F2N4O5/c1-34-21-12-16-19(13-22(21)35-2)28-11-10-20(16)36-15-8-6-14(7-9-15)29-24(32)31-25(33)30-23-17(26)4-3-5-18(23)27/h3-13H,1-2H3,(H3,29,30,31,32,33). The Kier molecular flexibility index (Phi) is 7.10.